The Labute approximate surface area is 121 Å². The molecule has 2 nitrogen and oxygen atoms in total. The van der Waals surface area contributed by atoms with Gasteiger partial charge in [0, 0.05) is 16.3 Å². The molecule has 98 valence electrons. The van der Waals surface area contributed by atoms with Crippen LogP contribution in [0.5, 0.6) is 0 Å². The number of rotatable bonds is 3. The molecule has 0 spiro atoms. The fraction of sp³-hybridized carbons (Fsp3) is 0.500. The van der Waals surface area contributed by atoms with Crippen LogP contribution in [0.15, 0.2) is 22.7 Å². The predicted octanol–water partition coefficient (Wildman–Crippen LogP) is 3.77. The Balaban J connectivity index is 1.93. The number of nitrogens with one attached hydrogen (secondary N) is 1. The first-order valence-electron chi connectivity index (χ1n) is 6.33. The summed E-state index contributed by atoms with van der Waals surface area (Å²) in [6.07, 6.45) is 3.83. The molecule has 2 rings (SSSR count). The minimum Gasteiger partial charge on any atom is -0.351 e. The Kier molecular flexibility index (Phi) is 5.13. The summed E-state index contributed by atoms with van der Waals surface area (Å²) < 4.78 is 0.902. The highest BCUT2D eigenvalue weighted by molar-refractivity contribution is 9.10. The molecule has 1 atom stereocenters. The van der Waals surface area contributed by atoms with Crippen LogP contribution in [0.1, 0.15) is 35.2 Å². The molecule has 1 aliphatic heterocycles. The van der Waals surface area contributed by atoms with Gasteiger partial charge in [-0.05, 0) is 53.1 Å². The number of carbonyl (C=O) groups is 1. The first-order valence-corrected chi connectivity index (χ1v) is 8.17. The first-order chi connectivity index (χ1) is 8.68. The van der Waals surface area contributed by atoms with Gasteiger partial charge in [-0.3, -0.25) is 4.79 Å². The Hall–Kier alpha value is -0.480. The molecule has 1 amide bonds. The number of carbonyl (C=O) groups excluding carboxylic acids is 1. The molecule has 1 aliphatic rings. The molecule has 4 heteroatoms. The second-order valence-corrected chi connectivity index (χ2v) is 6.84. The standard InChI is InChI=1S/C14H18BrNOS/c1-10-5-4-7-12(13(10)15)14(17)16-9-11-6-2-3-8-18-11/h4-5,7,11H,2-3,6,8-9H2,1H3,(H,16,17). The summed E-state index contributed by atoms with van der Waals surface area (Å²) >= 11 is 5.46. The Morgan fingerprint density at radius 3 is 3.06 bits per heavy atom. The molecular weight excluding hydrogens is 310 g/mol. The van der Waals surface area contributed by atoms with Gasteiger partial charge in [0.2, 0.25) is 0 Å². The lowest BCUT2D eigenvalue weighted by Crippen LogP contribution is -2.32. The van der Waals surface area contributed by atoms with E-state index in [0.717, 1.165) is 22.1 Å². The van der Waals surface area contributed by atoms with E-state index in [1.165, 1.54) is 25.0 Å². The lowest BCUT2D eigenvalue weighted by atomic mass is 10.1. The van der Waals surface area contributed by atoms with Gasteiger partial charge >= 0.3 is 0 Å². The van der Waals surface area contributed by atoms with Crippen molar-refractivity contribution in [1.29, 1.82) is 0 Å². The third-order valence-electron chi connectivity index (χ3n) is 3.20. The summed E-state index contributed by atoms with van der Waals surface area (Å²) in [5.74, 6) is 1.26. The maximum atomic E-state index is 12.1. The number of thioether (sulfide) groups is 1. The van der Waals surface area contributed by atoms with Gasteiger partial charge in [0.25, 0.3) is 5.91 Å². The molecule has 0 radical (unpaired) electrons. The second kappa shape index (κ2) is 6.62. The van der Waals surface area contributed by atoms with Crippen LogP contribution in [-0.2, 0) is 0 Å². The topological polar surface area (TPSA) is 29.1 Å². The summed E-state index contributed by atoms with van der Waals surface area (Å²) in [6, 6.07) is 5.78. The molecule has 0 saturated carbocycles. The van der Waals surface area contributed by atoms with Gasteiger partial charge < -0.3 is 5.32 Å². The quantitative estimate of drug-likeness (QED) is 0.915. The van der Waals surface area contributed by atoms with Crippen molar-refractivity contribution in [1.82, 2.24) is 5.32 Å². The van der Waals surface area contributed by atoms with Crippen LogP contribution in [0.25, 0.3) is 0 Å². The van der Waals surface area contributed by atoms with Crippen molar-refractivity contribution in [3.05, 3.63) is 33.8 Å². The van der Waals surface area contributed by atoms with Gasteiger partial charge in [0.05, 0.1) is 5.56 Å². The van der Waals surface area contributed by atoms with Gasteiger partial charge in [-0.25, -0.2) is 0 Å². The molecule has 0 aliphatic carbocycles. The van der Waals surface area contributed by atoms with Crippen molar-refractivity contribution in [2.45, 2.75) is 31.4 Å². The van der Waals surface area contributed by atoms with E-state index in [4.69, 9.17) is 0 Å². The van der Waals surface area contributed by atoms with E-state index in [2.05, 4.69) is 21.2 Å². The molecule has 0 bridgehead atoms. The summed E-state index contributed by atoms with van der Waals surface area (Å²) in [5.41, 5.74) is 1.82. The van der Waals surface area contributed by atoms with Crippen molar-refractivity contribution < 1.29 is 4.79 Å². The number of hydrogen-bond donors (Lipinski definition) is 1. The van der Waals surface area contributed by atoms with Gasteiger partial charge in [-0.1, -0.05) is 18.6 Å². The van der Waals surface area contributed by atoms with E-state index < -0.39 is 0 Å². The minimum atomic E-state index is 0.0248. The van der Waals surface area contributed by atoms with Crippen molar-refractivity contribution >= 4 is 33.6 Å². The molecule has 1 aromatic carbocycles. The third-order valence-corrected chi connectivity index (χ3v) is 5.65. The molecule has 0 aromatic heterocycles. The van der Waals surface area contributed by atoms with Crippen molar-refractivity contribution in [3.8, 4) is 0 Å². The third kappa shape index (κ3) is 3.51. The van der Waals surface area contributed by atoms with Gasteiger partial charge in [0.1, 0.15) is 0 Å². The molecule has 1 aromatic rings. The highest BCUT2D eigenvalue weighted by Crippen LogP contribution is 2.25. The highest BCUT2D eigenvalue weighted by atomic mass is 79.9. The maximum Gasteiger partial charge on any atom is 0.252 e. The molecule has 1 unspecified atom stereocenters. The van der Waals surface area contributed by atoms with E-state index in [1.54, 1.807) is 0 Å². The normalized spacial score (nSPS) is 19.6. The smallest absolute Gasteiger partial charge is 0.252 e. The average molecular weight is 328 g/mol. The fourth-order valence-electron chi connectivity index (χ4n) is 2.09. The van der Waals surface area contributed by atoms with Crippen LogP contribution >= 0.6 is 27.7 Å². The first kappa shape index (κ1) is 13.9. The zero-order valence-corrected chi connectivity index (χ0v) is 12.9. The zero-order valence-electron chi connectivity index (χ0n) is 10.5. The highest BCUT2D eigenvalue weighted by Gasteiger charge is 2.16. The number of amides is 1. The van der Waals surface area contributed by atoms with Crippen molar-refractivity contribution in [2.24, 2.45) is 0 Å². The van der Waals surface area contributed by atoms with Crippen molar-refractivity contribution in [2.75, 3.05) is 12.3 Å². The number of aryl methyl sites for hydroxylation is 1. The van der Waals surface area contributed by atoms with E-state index in [1.807, 2.05) is 36.9 Å². The molecular formula is C14H18BrNOS. The van der Waals surface area contributed by atoms with Crippen LogP contribution in [0, 0.1) is 6.92 Å². The lowest BCUT2D eigenvalue weighted by Gasteiger charge is -2.21. The van der Waals surface area contributed by atoms with Gasteiger partial charge in [-0.15, -0.1) is 0 Å². The van der Waals surface area contributed by atoms with E-state index in [9.17, 15) is 4.79 Å². The van der Waals surface area contributed by atoms with Gasteiger partial charge in [-0.2, -0.15) is 11.8 Å². The van der Waals surface area contributed by atoms with Crippen LogP contribution < -0.4 is 5.32 Å². The average Bonchev–Trinajstić information content (AvgIpc) is 2.40. The number of benzene rings is 1. The van der Waals surface area contributed by atoms with E-state index in [0.29, 0.717) is 5.25 Å². The summed E-state index contributed by atoms with van der Waals surface area (Å²) in [7, 11) is 0. The lowest BCUT2D eigenvalue weighted by molar-refractivity contribution is 0.0952. The summed E-state index contributed by atoms with van der Waals surface area (Å²) in [5, 5.41) is 3.64. The number of hydrogen-bond acceptors (Lipinski definition) is 2. The van der Waals surface area contributed by atoms with Crippen LogP contribution in [-0.4, -0.2) is 23.5 Å². The SMILES string of the molecule is Cc1cccc(C(=O)NCC2CCCCS2)c1Br. The monoisotopic (exact) mass is 327 g/mol. The largest absolute Gasteiger partial charge is 0.351 e. The minimum absolute atomic E-state index is 0.0248. The Morgan fingerprint density at radius 1 is 1.50 bits per heavy atom. The number of halogens is 1. The summed E-state index contributed by atoms with van der Waals surface area (Å²) in [4.78, 5) is 12.1. The Morgan fingerprint density at radius 2 is 2.33 bits per heavy atom. The predicted molar refractivity (Wildman–Crippen MR) is 81.3 cm³/mol. The molecule has 18 heavy (non-hydrogen) atoms. The van der Waals surface area contributed by atoms with Crippen molar-refractivity contribution in [3.63, 3.8) is 0 Å². The van der Waals surface area contributed by atoms with Gasteiger partial charge in [0.15, 0.2) is 0 Å². The molecule has 1 fully saturated rings. The van der Waals surface area contributed by atoms with Crippen LogP contribution in [0.2, 0.25) is 0 Å². The van der Waals surface area contributed by atoms with Crippen LogP contribution in [0.3, 0.4) is 0 Å². The van der Waals surface area contributed by atoms with Crippen LogP contribution in [0.4, 0.5) is 0 Å². The second-order valence-electron chi connectivity index (χ2n) is 4.64. The fourth-order valence-corrected chi connectivity index (χ4v) is 3.78. The summed E-state index contributed by atoms with van der Waals surface area (Å²) in [6.45, 7) is 2.78. The van der Waals surface area contributed by atoms with E-state index >= 15 is 0 Å². The molecule has 1 N–H and O–H groups in total. The van der Waals surface area contributed by atoms with E-state index in [-0.39, 0.29) is 5.91 Å². The molecule has 1 saturated heterocycles. The molecule has 1 heterocycles. The zero-order chi connectivity index (χ0) is 13.0. The Bertz CT molecular complexity index is 430. The maximum absolute atomic E-state index is 12.1.